The summed E-state index contributed by atoms with van der Waals surface area (Å²) >= 11 is 0. The largest absolute Gasteiger partial charge is 0.461 e. The molecule has 1 rings (SSSR count). The van der Waals surface area contributed by atoms with E-state index in [1.165, 1.54) is 7.11 Å². The van der Waals surface area contributed by atoms with E-state index in [4.69, 9.17) is 9.57 Å². The molecule has 0 aliphatic heterocycles. The van der Waals surface area contributed by atoms with E-state index in [1.807, 2.05) is 30.3 Å². The van der Waals surface area contributed by atoms with E-state index in [-0.39, 0.29) is 5.71 Å². The summed E-state index contributed by atoms with van der Waals surface area (Å²) in [6.45, 7) is 4.16. The van der Waals surface area contributed by atoms with Gasteiger partial charge in [0.25, 0.3) is 0 Å². The van der Waals surface area contributed by atoms with Crippen LogP contribution in [-0.4, -0.2) is 31.1 Å². The highest BCUT2D eigenvalue weighted by atomic mass is 16.6. The van der Waals surface area contributed by atoms with Crippen molar-refractivity contribution in [3.05, 3.63) is 30.3 Å². The number of nitrogens with one attached hydrogen (secondary N) is 1. The zero-order valence-electron chi connectivity index (χ0n) is 14.0. The highest BCUT2D eigenvalue weighted by Crippen LogP contribution is 2.08. The van der Waals surface area contributed by atoms with E-state index in [0.29, 0.717) is 13.0 Å². The van der Waals surface area contributed by atoms with Crippen molar-refractivity contribution >= 4 is 23.1 Å². The monoisotopic (exact) mass is 319 g/mol. The van der Waals surface area contributed by atoms with Crippen molar-refractivity contribution < 1.29 is 14.4 Å². The lowest BCUT2D eigenvalue weighted by molar-refractivity contribution is -0.135. The number of hydrogen-bond acceptors (Lipinski definition) is 6. The number of benzene rings is 1. The number of carbonyl (C=O) groups is 1. The normalized spacial score (nSPS) is 12.0. The number of hydrogen-bond donors (Lipinski definition) is 1. The van der Waals surface area contributed by atoms with Gasteiger partial charge < -0.3 is 9.57 Å². The van der Waals surface area contributed by atoms with Gasteiger partial charge in [0.2, 0.25) is 0 Å². The number of rotatable bonds is 10. The quantitative estimate of drug-likeness (QED) is 0.406. The lowest BCUT2D eigenvalue weighted by atomic mass is 10.1. The van der Waals surface area contributed by atoms with Crippen LogP contribution in [0.3, 0.4) is 0 Å². The van der Waals surface area contributed by atoms with Crippen molar-refractivity contribution in [2.45, 2.75) is 39.5 Å². The fourth-order valence-corrected chi connectivity index (χ4v) is 1.88. The molecule has 0 bridgehead atoms. The number of carbonyl (C=O) groups excluding carboxylic acids is 1. The molecule has 1 N–H and O–H groups in total. The van der Waals surface area contributed by atoms with E-state index >= 15 is 0 Å². The summed E-state index contributed by atoms with van der Waals surface area (Å²) in [5.41, 5.74) is 4.96. The summed E-state index contributed by atoms with van der Waals surface area (Å²) in [7, 11) is 1.41. The van der Waals surface area contributed by atoms with Crippen LogP contribution in [0, 0.1) is 0 Å². The van der Waals surface area contributed by atoms with Crippen LogP contribution >= 0.6 is 0 Å². The van der Waals surface area contributed by atoms with Gasteiger partial charge in [-0.15, -0.1) is 0 Å². The molecule has 0 amide bonds. The average molecular weight is 319 g/mol. The van der Waals surface area contributed by atoms with Crippen molar-refractivity contribution in [2.75, 3.05) is 19.1 Å². The van der Waals surface area contributed by atoms with Gasteiger partial charge in [0.1, 0.15) is 7.11 Å². The molecule has 0 heterocycles. The smallest absolute Gasteiger partial charge is 0.356 e. The molecular weight excluding hydrogens is 294 g/mol. The maximum atomic E-state index is 11.9. The number of oxime groups is 1. The third kappa shape index (κ3) is 7.44. The van der Waals surface area contributed by atoms with E-state index < -0.39 is 5.97 Å². The summed E-state index contributed by atoms with van der Waals surface area (Å²) in [6, 6.07) is 9.66. The van der Waals surface area contributed by atoms with Crippen molar-refractivity contribution in [1.82, 2.24) is 0 Å². The van der Waals surface area contributed by atoms with Crippen LogP contribution in [0.15, 0.2) is 40.6 Å². The third-order valence-corrected chi connectivity index (χ3v) is 3.02. The number of nitrogens with zero attached hydrogens (tertiary/aromatic N) is 2. The Morgan fingerprint density at radius 3 is 2.57 bits per heavy atom. The SMILES string of the molecule is CCCC/C(C/C(=N/OC)C(=O)OCC)=N/Nc1ccccc1. The van der Waals surface area contributed by atoms with Crippen molar-refractivity contribution in [3.8, 4) is 0 Å². The Morgan fingerprint density at radius 1 is 1.22 bits per heavy atom. The number of hydrazone groups is 1. The minimum Gasteiger partial charge on any atom is -0.461 e. The lowest BCUT2D eigenvalue weighted by Crippen LogP contribution is -2.22. The molecule has 0 atom stereocenters. The van der Waals surface area contributed by atoms with Gasteiger partial charge in [0, 0.05) is 12.1 Å². The van der Waals surface area contributed by atoms with Crippen molar-refractivity contribution in [2.24, 2.45) is 10.3 Å². The van der Waals surface area contributed by atoms with Gasteiger partial charge in [-0.2, -0.15) is 5.10 Å². The Labute approximate surface area is 137 Å². The molecule has 0 fully saturated rings. The first-order valence-corrected chi connectivity index (χ1v) is 7.84. The first-order chi connectivity index (χ1) is 11.2. The predicted molar refractivity (Wildman–Crippen MR) is 92.7 cm³/mol. The molecule has 1 aromatic carbocycles. The summed E-state index contributed by atoms with van der Waals surface area (Å²) < 4.78 is 5.00. The number of esters is 1. The van der Waals surface area contributed by atoms with Crippen LogP contribution in [0.2, 0.25) is 0 Å². The molecule has 1 aromatic rings. The molecule has 6 nitrogen and oxygen atoms in total. The maximum Gasteiger partial charge on any atom is 0.356 e. The summed E-state index contributed by atoms with van der Waals surface area (Å²) in [6.07, 6.45) is 3.10. The molecule has 0 unspecified atom stereocenters. The Balaban J connectivity index is 2.82. The first kappa shape index (κ1) is 18.7. The Kier molecular flexibility index (Phi) is 9.12. The van der Waals surface area contributed by atoms with Gasteiger partial charge in [0.15, 0.2) is 5.71 Å². The molecule has 0 radical (unpaired) electrons. The van der Waals surface area contributed by atoms with Gasteiger partial charge >= 0.3 is 5.97 Å². The molecule has 0 aromatic heterocycles. The number of para-hydroxylation sites is 1. The minimum absolute atomic E-state index is 0.221. The van der Waals surface area contributed by atoms with E-state index in [0.717, 1.165) is 30.7 Å². The average Bonchev–Trinajstić information content (AvgIpc) is 2.57. The van der Waals surface area contributed by atoms with Crippen LogP contribution in [0.1, 0.15) is 39.5 Å². The summed E-state index contributed by atoms with van der Waals surface area (Å²) in [5, 5.41) is 8.20. The number of unbranched alkanes of at least 4 members (excludes halogenated alkanes) is 1. The van der Waals surface area contributed by atoms with Gasteiger partial charge in [-0.1, -0.05) is 36.7 Å². The fraction of sp³-hybridized carbons (Fsp3) is 0.471. The second-order valence-electron chi connectivity index (χ2n) is 4.88. The van der Waals surface area contributed by atoms with E-state index in [1.54, 1.807) is 6.92 Å². The molecule has 0 saturated carbocycles. The molecular formula is C17H25N3O3. The van der Waals surface area contributed by atoms with Gasteiger partial charge in [-0.25, -0.2) is 4.79 Å². The molecule has 0 aliphatic carbocycles. The highest BCUT2D eigenvalue weighted by molar-refractivity contribution is 6.40. The minimum atomic E-state index is -0.474. The second-order valence-corrected chi connectivity index (χ2v) is 4.88. The molecule has 0 saturated heterocycles. The van der Waals surface area contributed by atoms with Gasteiger partial charge in [-0.05, 0) is 31.9 Å². The van der Waals surface area contributed by atoms with Crippen LogP contribution < -0.4 is 5.43 Å². The summed E-state index contributed by atoms with van der Waals surface area (Å²) in [5.74, 6) is -0.474. The highest BCUT2D eigenvalue weighted by Gasteiger charge is 2.17. The van der Waals surface area contributed by atoms with Crippen LogP contribution in [-0.2, 0) is 14.4 Å². The lowest BCUT2D eigenvalue weighted by Gasteiger charge is -2.09. The molecule has 0 spiro atoms. The third-order valence-electron chi connectivity index (χ3n) is 3.02. The Morgan fingerprint density at radius 2 is 1.96 bits per heavy atom. The van der Waals surface area contributed by atoms with Gasteiger partial charge in [-0.3, -0.25) is 5.43 Å². The van der Waals surface area contributed by atoms with Crippen molar-refractivity contribution in [3.63, 3.8) is 0 Å². The van der Waals surface area contributed by atoms with Crippen LogP contribution in [0.5, 0.6) is 0 Å². The van der Waals surface area contributed by atoms with Crippen LogP contribution in [0.4, 0.5) is 5.69 Å². The summed E-state index contributed by atoms with van der Waals surface area (Å²) in [4.78, 5) is 16.7. The number of anilines is 1. The van der Waals surface area contributed by atoms with E-state index in [9.17, 15) is 4.79 Å². The predicted octanol–water partition coefficient (Wildman–Crippen LogP) is 3.60. The molecule has 23 heavy (non-hydrogen) atoms. The zero-order chi connectivity index (χ0) is 16.9. The maximum absolute atomic E-state index is 11.9. The standard InChI is InChI=1S/C17H25N3O3/c1-4-6-10-15(19-18-14-11-8-7-9-12-14)13-16(20-22-3)17(21)23-5-2/h7-9,11-12,18H,4-6,10,13H2,1-3H3/b19-15-,20-16-. The number of ether oxygens (including phenoxy) is 1. The zero-order valence-corrected chi connectivity index (χ0v) is 14.0. The topological polar surface area (TPSA) is 72.3 Å². The Bertz CT molecular complexity index is 527. The molecule has 0 aliphatic rings. The van der Waals surface area contributed by atoms with Gasteiger partial charge in [0.05, 0.1) is 12.3 Å². The Hall–Kier alpha value is -2.37. The van der Waals surface area contributed by atoms with Crippen molar-refractivity contribution in [1.29, 1.82) is 0 Å². The molecule has 126 valence electrons. The second kappa shape index (κ2) is 11.2. The van der Waals surface area contributed by atoms with Crippen LogP contribution in [0.25, 0.3) is 0 Å². The van der Waals surface area contributed by atoms with E-state index in [2.05, 4.69) is 22.6 Å². The molecule has 6 heteroatoms. The fourth-order valence-electron chi connectivity index (χ4n) is 1.88. The first-order valence-electron chi connectivity index (χ1n) is 7.84.